The summed E-state index contributed by atoms with van der Waals surface area (Å²) in [6.45, 7) is 6.63. The van der Waals surface area contributed by atoms with Gasteiger partial charge in [0.2, 0.25) is 0 Å². The maximum absolute atomic E-state index is 13.8. The first-order chi connectivity index (χ1) is 36.7. The second kappa shape index (κ2) is 21.0. The lowest BCUT2D eigenvalue weighted by Gasteiger charge is -2.57. The van der Waals surface area contributed by atoms with Gasteiger partial charge >= 0.3 is 0 Å². The molecule has 0 radical (unpaired) electrons. The number of likely N-dealkylation sites (tertiary alicyclic amines) is 2. The fraction of sp³-hybridized carbons (Fsp3) is 0.684. The van der Waals surface area contributed by atoms with Crippen LogP contribution in [0.3, 0.4) is 0 Å². The smallest absolute Gasteiger partial charge is 0.187 e. The third-order valence-corrected chi connectivity index (χ3v) is 21.7. The summed E-state index contributed by atoms with van der Waals surface area (Å²) in [6, 6.07) is 8.84. The summed E-state index contributed by atoms with van der Waals surface area (Å²) in [5.74, 6) is 2.88. The van der Waals surface area contributed by atoms with E-state index >= 15 is 0 Å². The number of benzene rings is 2. The molecular weight excluding hydrogens is 1020 g/mol. The van der Waals surface area contributed by atoms with E-state index in [2.05, 4.69) is 48.2 Å². The molecule has 4 bridgehead atoms. The lowest BCUT2D eigenvalue weighted by Crippen LogP contribution is -2.66. The van der Waals surface area contributed by atoms with Gasteiger partial charge in [-0.05, 0) is 109 Å². The monoisotopic (exact) mass is 1090 g/mol. The molecule has 5 aliphatic heterocycles. The van der Waals surface area contributed by atoms with E-state index in [-0.39, 0.29) is 48.3 Å². The number of hydrogen-bond donors (Lipinski definition) is 6. The van der Waals surface area contributed by atoms with Gasteiger partial charge in [-0.2, -0.15) is 0 Å². The molecule has 5 heterocycles. The zero-order valence-corrected chi connectivity index (χ0v) is 45.3. The van der Waals surface area contributed by atoms with Gasteiger partial charge in [-0.15, -0.1) is 0 Å². The lowest BCUT2D eigenvalue weighted by atomic mass is 9.53. The van der Waals surface area contributed by atoms with Gasteiger partial charge in [-0.25, -0.2) is 0 Å². The molecular formula is C57H74N2O15S2. The first-order valence-electron chi connectivity index (χ1n) is 27.7. The molecule has 10 aliphatic rings. The number of nitrogens with zero attached hydrogens (tertiary/aromatic N) is 2. The molecule has 1 saturated carbocycles. The SMILES string of the molecule is CCOc1ccc2c3c1O[C@H]1[C@@H](O[C@@H]4O[C@H](C(=O)CCCSSCCCC(=O)[C@H]5C[C@@H](O[C@H]6C=CC7[C@H]8Cc9ccc(OCC)c%10c9[C@@]7(CCN8C)[C@H]6O%10)[C@H](O)[C@@H](O)[C@@H]5O)[C@@H](O)[C@H](O)[C@H]4O)C=CC4[C@@H](C2)N(C)CC[C@@]341. The van der Waals surface area contributed by atoms with Gasteiger partial charge in [0.15, 0.2) is 35.1 Å². The largest absolute Gasteiger partial charge is 0.490 e. The third-order valence-electron chi connectivity index (χ3n) is 19.1. The van der Waals surface area contributed by atoms with E-state index in [0.717, 1.165) is 55.8 Å². The molecule has 0 amide bonds. The Hall–Kier alpha value is -3.28. The molecule has 2 spiro atoms. The van der Waals surface area contributed by atoms with Crippen LogP contribution < -0.4 is 18.9 Å². The van der Waals surface area contributed by atoms with Crippen molar-refractivity contribution in [2.45, 2.75) is 174 Å². The van der Waals surface area contributed by atoms with Crippen molar-refractivity contribution in [2.24, 2.45) is 17.8 Å². The number of ketones is 2. The topological polar surface area (TPSA) is 227 Å². The number of carbonyl (C=O) groups is 2. The molecule has 17 nitrogen and oxygen atoms in total. The molecule has 2 aromatic rings. The van der Waals surface area contributed by atoms with Crippen LogP contribution in [0.25, 0.3) is 0 Å². The van der Waals surface area contributed by atoms with Crippen LogP contribution in [0.15, 0.2) is 48.6 Å². The zero-order valence-electron chi connectivity index (χ0n) is 43.7. The number of carbonyl (C=O) groups excluding carboxylic acids is 2. The quantitative estimate of drug-likeness (QED) is 0.0675. The highest BCUT2D eigenvalue weighted by molar-refractivity contribution is 8.76. The van der Waals surface area contributed by atoms with Crippen molar-refractivity contribution in [3.05, 3.63) is 70.8 Å². The molecule has 5 aliphatic carbocycles. The average molecular weight is 1090 g/mol. The second-order valence-electron chi connectivity index (χ2n) is 22.9. The number of likely N-dealkylation sites (N-methyl/N-ethyl adjacent to an activating group) is 2. The number of aliphatic hydroxyl groups is 6. The summed E-state index contributed by atoms with van der Waals surface area (Å²) >= 11 is 0. The highest BCUT2D eigenvalue weighted by Gasteiger charge is 2.67. The number of hydrogen-bond acceptors (Lipinski definition) is 19. The fourth-order valence-corrected chi connectivity index (χ4v) is 17.7. The Bertz CT molecular complexity index is 2430. The van der Waals surface area contributed by atoms with Crippen molar-refractivity contribution in [2.75, 3.05) is 51.9 Å². The highest BCUT2D eigenvalue weighted by atomic mass is 33.1. The number of piperidine rings is 2. The van der Waals surface area contributed by atoms with Gasteiger partial charge < -0.3 is 73.6 Å². The van der Waals surface area contributed by atoms with Crippen molar-refractivity contribution in [1.82, 2.24) is 9.80 Å². The predicted molar refractivity (Wildman–Crippen MR) is 282 cm³/mol. The first kappa shape index (κ1) is 53.4. The summed E-state index contributed by atoms with van der Waals surface area (Å²) < 4.78 is 45.1. The Labute approximate surface area is 452 Å². The Kier molecular flexibility index (Phi) is 14.7. The van der Waals surface area contributed by atoms with Crippen molar-refractivity contribution < 1.29 is 73.4 Å². The van der Waals surface area contributed by atoms with Crippen LogP contribution in [-0.2, 0) is 47.5 Å². The Balaban J connectivity index is 0.618. The standard InChI is InChI=1S/C57H74N2O15S2/c1-5-68-37-15-11-28-25-33-31-13-17-39(53-56(31,19-21-58(33)3)42(28)51(37)72-53)70-41-27-30(44(62)46(64)45(41)63)35(60)9-7-23-75-76-24-8-10-36(61)50-48(66)47(65)49(67)55(74-50)71-40-18-14-32-34-26-29-12-16-38(69-6-2)52-43(29)57(32,54(40)73-52)20-22-59(34)4/h11-18,30-34,39-41,44-50,53-55,62-67H,5-10,19-27H2,1-4H3/t30-,31?,32?,33-,34-,39+,40+,41-,44-,45+,46+,47+,48+,49-,50-,53+,54+,55-,56+,57+/m1/s1. The summed E-state index contributed by atoms with van der Waals surface area (Å²) in [5.41, 5.74) is 4.08. The molecule has 12 rings (SSSR count). The van der Waals surface area contributed by atoms with E-state index < -0.39 is 96.7 Å². The Morgan fingerprint density at radius 1 is 0.645 bits per heavy atom. The van der Waals surface area contributed by atoms with E-state index in [9.17, 15) is 40.2 Å². The Morgan fingerprint density at radius 3 is 1.70 bits per heavy atom. The summed E-state index contributed by atoms with van der Waals surface area (Å²) in [7, 11) is 7.44. The van der Waals surface area contributed by atoms with Crippen LogP contribution in [-0.4, -0.2) is 196 Å². The van der Waals surface area contributed by atoms with Crippen molar-refractivity contribution in [1.29, 1.82) is 0 Å². The van der Waals surface area contributed by atoms with Gasteiger partial charge in [0.1, 0.15) is 66.8 Å². The van der Waals surface area contributed by atoms with E-state index in [1.54, 1.807) is 21.6 Å². The lowest BCUT2D eigenvalue weighted by molar-refractivity contribution is -0.304. The number of Topliss-reactive ketones (excluding diaryl/α,β-unsaturated/α-hetero) is 2. The number of rotatable bonds is 19. The normalized spacial score (nSPS) is 41.2. The van der Waals surface area contributed by atoms with Crippen molar-refractivity contribution in [3.8, 4) is 23.0 Å². The number of aliphatic hydroxyl groups excluding tert-OH is 6. The minimum Gasteiger partial charge on any atom is -0.490 e. The van der Waals surface area contributed by atoms with Crippen molar-refractivity contribution >= 4 is 33.2 Å². The van der Waals surface area contributed by atoms with E-state index in [1.165, 1.54) is 16.7 Å². The highest BCUT2D eigenvalue weighted by Crippen LogP contribution is 2.65. The second-order valence-corrected chi connectivity index (χ2v) is 25.6. The van der Waals surface area contributed by atoms with Crippen molar-refractivity contribution in [3.63, 3.8) is 0 Å². The summed E-state index contributed by atoms with van der Waals surface area (Å²) in [5, 5.41) is 66.8. The van der Waals surface area contributed by atoms with Crippen LogP contribution >= 0.6 is 21.6 Å². The molecule has 19 heteroatoms. The van der Waals surface area contributed by atoms with Gasteiger partial charge in [0, 0.05) is 76.1 Å². The Morgan fingerprint density at radius 2 is 1.16 bits per heavy atom. The maximum Gasteiger partial charge on any atom is 0.187 e. The minimum absolute atomic E-state index is 0.0506. The van der Waals surface area contributed by atoms with Crippen LogP contribution in [0.2, 0.25) is 0 Å². The zero-order chi connectivity index (χ0) is 52.9. The molecule has 2 unspecified atom stereocenters. The van der Waals surface area contributed by atoms with Gasteiger partial charge in [-0.3, -0.25) is 9.59 Å². The minimum atomic E-state index is -1.69. The predicted octanol–water partition coefficient (Wildman–Crippen LogP) is 3.20. The fourth-order valence-electron chi connectivity index (χ4n) is 15.5. The molecule has 0 aromatic heterocycles. The molecule has 6 N–H and O–H groups in total. The molecule has 76 heavy (non-hydrogen) atoms. The van der Waals surface area contributed by atoms with Crippen LogP contribution in [0, 0.1) is 17.8 Å². The number of ether oxygens (including phenoxy) is 7. The summed E-state index contributed by atoms with van der Waals surface area (Å²) in [6.07, 6.45) is -2.18. The van der Waals surface area contributed by atoms with E-state index in [0.29, 0.717) is 55.1 Å². The molecule has 2 aromatic carbocycles. The third kappa shape index (κ3) is 8.45. The van der Waals surface area contributed by atoms with Gasteiger partial charge in [0.05, 0.1) is 25.4 Å². The molecule has 414 valence electrons. The average Bonchev–Trinajstić information content (AvgIpc) is 4.10. The molecule has 3 saturated heterocycles. The van der Waals surface area contributed by atoms with E-state index in [1.807, 2.05) is 38.1 Å². The van der Waals surface area contributed by atoms with Crippen LogP contribution in [0.5, 0.6) is 23.0 Å². The summed E-state index contributed by atoms with van der Waals surface area (Å²) in [4.78, 5) is 32.2. The van der Waals surface area contributed by atoms with Crippen LogP contribution in [0.1, 0.15) is 81.0 Å². The molecule has 20 atom stereocenters. The molecule has 4 fully saturated rings. The van der Waals surface area contributed by atoms with Crippen LogP contribution in [0.4, 0.5) is 0 Å². The first-order valence-corrected chi connectivity index (χ1v) is 30.2. The van der Waals surface area contributed by atoms with Gasteiger partial charge in [-0.1, -0.05) is 58.0 Å². The van der Waals surface area contributed by atoms with Gasteiger partial charge in [0.25, 0.3) is 0 Å². The maximum atomic E-state index is 13.8. The van der Waals surface area contributed by atoms with E-state index in [4.69, 9.17) is 33.2 Å².